The zero-order valence-corrected chi connectivity index (χ0v) is 25.7. The summed E-state index contributed by atoms with van der Waals surface area (Å²) in [6, 6.07) is 19.6. The molecule has 0 bridgehead atoms. The van der Waals surface area contributed by atoms with Crippen molar-refractivity contribution in [2.24, 2.45) is 0 Å². The van der Waals surface area contributed by atoms with Gasteiger partial charge in [0, 0.05) is 21.0 Å². The summed E-state index contributed by atoms with van der Waals surface area (Å²) in [7, 11) is -5.73. The largest absolute Gasteiger partial charge is 0.453 e. The Morgan fingerprint density at radius 3 is 1.80 bits per heavy atom. The number of methoxy groups -OCH3 is 1. The van der Waals surface area contributed by atoms with Gasteiger partial charge < -0.3 is 23.4 Å². The molecule has 3 rings (SSSR count). The fourth-order valence-corrected chi connectivity index (χ4v) is 10.2. The number of ether oxygens (including phenoxy) is 4. The molecule has 2 aromatic carbocycles. The van der Waals surface area contributed by atoms with E-state index in [9.17, 15) is 18.0 Å². The molecule has 40 heavy (non-hydrogen) atoms. The lowest BCUT2D eigenvalue weighted by atomic mass is 9.97. The quantitative estimate of drug-likeness (QED) is 0.217. The highest BCUT2D eigenvalue weighted by Crippen LogP contribution is 2.41. The minimum absolute atomic E-state index is 0.232. The molecule has 4 atom stereocenters. The first kappa shape index (κ1) is 31.9. The van der Waals surface area contributed by atoms with Crippen molar-refractivity contribution in [1.29, 1.82) is 0 Å². The Kier molecular flexibility index (Phi) is 9.97. The van der Waals surface area contributed by atoms with Gasteiger partial charge in [-0.15, -0.1) is 0 Å². The molecule has 0 amide bonds. The summed E-state index contributed by atoms with van der Waals surface area (Å²) in [5.74, 6) is -1.36. The zero-order chi connectivity index (χ0) is 29.8. The number of hydrogen-bond donors (Lipinski definition) is 0. The topological polar surface area (TPSA) is 124 Å². The number of rotatable bonds is 11. The molecule has 1 unspecified atom stereocenters. The Hall–Kier alpha value is -2.61. The lowest BCUT2D eigenvalue weighted by Crippen LogP contribution is -2.68. The van der Waals surface area contributed by atoms with Crippen molar-refractivity contribution in [3.05, 3.63) is 60.7 Å². The van der Waals surface area contributed by atoms with E-state index in [1.807, 2.05) is 60.7 Å². The first-order valence-corrected chi connectivity index (χ1v) is 16.5. The molecule has 1 aliphatic heterocycles. The summed E-state index contributed by atoms with van der Waals surface area (Å²) in [6.07, 6.45) is -2.80. The summed E-state index contributed by atoms with van der Waals surface area (Å²) >= 11 is 0. The summed E-state index contributed by atoms with van der Waals surface area (Å²) in [5.41, 5.74) is -1.65. The van der Waals surface area contributed by atoms with Crippen LogP contribution in [0, 0.1) is 0 Å². The average molecular weight is 595 g/mol. The van der Waals surface area contributed by atoms with E-state index < -0.39 is 66.1 Å². The van der Waals surface area contributed by atoms with Crippen LogP contribution >= 0.6 is 0 Å². The van der Waals surface area contributed by atoms with Crippen LogP contribution in [0.15, 0.2) is 60.7 Å². The molecular weight excluding hydrogens is 556 g/mol. The molecule has 0 spiro atoms. The lowest BCUT2D eigenvalue weighted by Gasteiger charge is -2.45. The van der Waals surface area contributed by atoms with Crippen molar-refractivity contribution in [1.82, 2.24) is 0 Å². The molecule has 1 fully saturated rings. The first-order chi connectivity index (χ1) is 18.6. The molecule has 1 heterocycles. The second-order valence-electron chi connectivity index (χ2n) is 10.8. The zero-order valence-electron chi connectivity index (χ0n) is 23.9. The van der Waals surface area contributed by atoms with Crippen LogP contribution in [0.3, 0.4) is 0 Å². The Morgan fingerprint density at radius 1 is 0.900 bits per heavy atom. The minimum Gasteiger partial charge on any atom is -0.453 e. The average Bonchev–Trinajstić information content (AvgIpc) is 3.14. The van der Waals surface area contributed by atoms with E-state index in [1.54, 1.807) is 0 Å². The highest BCUT2D eigenvalue weighted by atomic mass is 32.2. The molecule has 12 heteroatoms. The van der Waals surface area contributed by atoms with E-state index >= 15 is 0 Å². The third kappa shape index (κ3) is 6.99. The predicted molar refractivity (Wildman–Crippen MR) is 150 cm³/mol. The van der Waals surface area contributed by atoms with Crippen LogP contribution in [0.5, 0.6) is 0 Å². The van der Waals surface area contributed by atoms with Crippen molar-refractivity contribution >= 4 is 40.7 Å². The molecule has 0 aliphatic carbocycles. The lowest BCUT2D eigenvalue weighted by molar-refractivity contribution is -0.211. The molecular formula is C28H38O10SSi. The van der Waals surface area contributed by atoms with Crippen LogP contribution in [0.2, 0.25) is 5.04 Å². The van der Waals surface area contributed by atoms with Gasteiger partial charge in [0.15, 0.2) is 6.10 Å². The van der Waals surface area contributed by atoms with E-state index in [-0.39, 0.29) is 6.61 Å². The van der Waals surface area contributed by atoms with Gasteiger partial charge in [-0.1, -0.05) is 81.4 Å². The van der Waals surface area contributed by atoms with Gasteiger partial charge in [0.25, 0.3) is 18.4 Å². The SMILES string of the molecule is CO[C@H]1[C@@H](OC(C)=O)C(OC(C)=O)O[C@@]1(CO[Si](c1ccccc1)(c1ccccc1)C(C)(C)C)COS(C)(=O)=O. The van der Waals surface area contributed by atoms with Crippen LogP contribution in [0.25, 0.3) is 0 Å². The van der Waals surface area contributed by atoms with Crippen LogP contribution in [0.1, 0.15) is 34.6 Å². The number of carbonyl (C=O) groups excluding carboxylic acids is 2. The van der Waals surface area contributed by atoms with Crippen LogP contribution in [0.4, 0.5) is 0 Å². The van der Waals surface area contributed by atoms with Crippen molar-refractivity contribution in [2.75, 3.05) is 26.6 Å². The molecule has 0 N–H and O–H groups in total. The smallest absolute Gasteiger partial charge is 0.305 e. The van der Waals surface area contributed by atoms with E-state index in [0.29, 0.717) is 0 Å². The van der Waals surface area contributed by atoms with E-state index in [2.05, 4.69) is 20.8 Å². The maximum absolute atomic E-state index is 12.1. The van der Waals surface area contributed by atoms with E-state index in [4.69, 9.17) is 27.6 Å². The Bertz CT molecular complexity index is 1220. The first-order valence-electron chi connectivity index (χ1n) is 12.8. The molecule has 10 nitrogen and oxygen atoms in total. The summed E-state index contributed by atoms with van der Waals surface area (Å²) < 4.78 is 59.3. The van der Waals surface area contributed by atoms with Gasteiger partial charge >= 0.3 is 11.9 Å². The molecule has 0 saturated carbocycles. The maximum atomic E-state index is 12.1. The number of hydrogen-bond acceptors (Lipinski definition) is 10. The van der Waals surface area contributed by atoms with E-state index in [0.717, 1.165) is 16.6 Å². The van der Waals surface area contributed by atoms with Crippen LogP contribution in [-0.2, 0) is 47.3 Å². The highest BCUT2D eigenvalue weighted by molar-refractivity contribution is 7.85. The molecule has 0 radical (unpaired) electrons. The van der Waals surface area contributed by atoms with E-state index in [1.165, 1.54) is 21.0 Å². The highest BCUT2D eigenvalue weighted by Gasteiger charge is 2.62. The van der Waals surface area contributed by atoms with Gasteiger partial charge in [0.1, 0.15) is 18.3 Å². The third-order valence-electron chi connectivity index (χ3n) is 6.74. The van der Waals surface area contributed by atoms with Gasteiger partial charge in [-0.05, 0) is 15.4 Å². The van der Waals surface area contributed by atoms with Crippen molar-refractivity contribution in [3.8, 4) is 0 Å². The van der Waals surface area contributed by atoms with Crippen LogP contribution in [-0.4, -0.2) is 79.4 Å². The molecule has 1 aliphatic rings. The fourth-order valence-electron chi connectivity index (χ4n) is 5.19. The molecule has 2 aromatic rings. The molecule has 0 aromatic heterocycles. The third-order valence-corrected chi connectivity index (χ3v) is 12.3. The second-order valence-corrected chi connectivity index (χ2v) is 16.8. The van der Waals surface area contributed by atoms with Crippen molar-refractivity contribution in [2.45, 2.75) is 63.8 Å². The Balaban J connectivity index is 2.19. The van der Waals surface area contributed by atoms with Gasteiger partial charge in [-0.3, -0.25) is 13.8 Å². The monoisotopic (exact) mass is 594 g/mol. The van der Waals surface area contributed by atoms with Gasteiger partial charge in [-0.2, -0.15) is 8.42 Å². The number of carbonyl (C=O) groups is 2. The minimum atomic E-state index is -3.94. The van der Waals surface area contributed by atoms with Gasteiger partial charge in [-0.25, -0.2) is 0 Å². The molecule has 1 saturated heterocycles. The standard InChI is InChI=1S/C28H38O10SSi/c1-20(29)36-24-25(33-6)28(18-34-39(7,31)32,38-26(24)37-21(2)30)19-35-40(27(3,4)5,22-14-10-8-11-15-22)23-16-12-9-13-17-23/h8-17,24-26H,18-19H2,1-7H3/t24-,25+,26?,28-/m1/s1. The normalized spacial score (nSPS) is 23.5. The van der Waals surface area contributed by atoms with Crippen molar-refractivity contribution in [3.63, 3.8) is 0 Å². The Labute approximate surface area is 237 Å². The maximum Gasteiger partial charge on any atom is 0.305 e. The number of benzene rings is 2. The van der Waals surface area contributed by atoms with Gasteiger partial charge in [0.2, 0.25) is 6.29 Å². The number of esters is 2. The van der Waals surface area contributed by atoms with Crippen molar-refractivity contribution < 1.29 is 45.6 Å². The van der Waals surface area contributed by atoms with Crippen LogP contribution < -0.4 is 10.4 Å². The van der Waals surface area contributed by atoms with Gasteiger partial charge in [0.05, 0.1) is 12.9 Å². The predicted octanol–water partition coefficient (Wildman–Crippen LogP) is 2.14. The summed E-state index contributed by atoms with van der Waals surface area (Å²) in [4.78, 5) is 24.0. The Morgan fingerprint density at radius 2 is 1.40 bits per heavy atom. The summed E-state index contributed by atoms with van der Waals surface area (Å²) in [5, 5.41) is 1.54. The molecule has 220 valence electrons. The fraction of sp³-hybridized carbons (Fsp3) is 0.500. The second kappa shape index (κ2) is 12.5. The summed E-state index contributed by atoms with van der Waals surface area (Å²) in [6.45, 7) is 7.87.